The van der Waals surface area contributed by atoms with Crippen molar-refractivity contribution >= 4 is 5.97 Å². The monoisotopic (exact) mass is 710 g/mol. The van der Waals surface area contributed by atoms with E-state index in [9.17, 15) is 31.9 Å². The molecule has 1 unspecified atom stereocenters. The summed E-state index contributed by atoms with van der Waals surface area (Å²) >= 11 is 0. The molecule has 2 N–H and O–H groups in total. The Morgan fingerprint density at radius 3 is 2.31 bits per heavy atom. The first-order valence-corrected chi connectivity index (χ1v) is 17.0. The Bertz CT molecular complexity index is 2000. The summed E-state index contributed by atoms with van der Waals surface area (Å²) in [6, 6.07) is 17.4. The molecule has 3 aromatic carbocycles. The van der Waals surface area contributed by atoms with Crippen molar-refractivity contribution in [2.75, 3.05) is 19.6 Å². The molecule has 51 heavy (non-hydrogen) atoms. The Morgan fingerprint density at radius 1 is 0.902 bits per heavy atom. The third kappa shape index (κ3) is 7.84. The molecular formula is C38H39F5N4O4. The zero-order valence-electron chi connectivity index (χ0n) is 27.9. The van der Waals surface area contributed by atoms with Gasteiger partial charge in [0.25, 0.3) is 5.56 Å². The fourth-order valence-corrected chi connectivity index (χ4v) is 7.69. The van der Waals surface area contributed by atoms with Crippen LogP contribution in [0.1, 0.15) is 71.7 Å². The second kappa shape index (κ2) is 14.9. The second-order valence-electron chi connectivity index (χ2n) is 13.5. The number of hydrogen-bond acceptors (Lipinski definition) is 5. The van der Waals surface area contributed by atoms with Gasteiger partial charge in [0.1, 0.15) is 11.6 Å². The minimum absolute atomic E-state index is 0.0942. The predicted octanol–water partition coefficient (Wildman–Crippen LogP) is 6.03. The lowest BCUT2D eigenvalue weighted by atomic mass is 9.74. The first kappa shape index (κ1) is 36.2. The third-order valence-electron chi connectivity index (χ3n) is 10.3. The number of nitrogens with one attached hydrogen (secondary N) is 1. The number of likely N-dealkylation sites (tertiary alicyclic amines) is 1. The maximum Gasteiger partial charge on any atom is 0.416 e. The van der Waals surface area contributed by atoms with Gasteiger partial charge in [-0.2, -0.15) is 13.2 Å². The number of rotatable bonds is 12. The van der Waals surface area contributed by atoms with Crippen molar-refractivity contribution in [2.24, 2.45) is 0 Å². The van der Waals surface area contributed by atoms with Crippen LogP contribution in [0, 0.1) is 11.6 Å². The summed E-state index contributed by atoms with van der Waals surface area (Å²) in [5.74, 6) is -2.41. The Morgan fingerprint density at radius 2 is 1.63 bits per heavy atom. The Balaban J connectivity index is 1.42. The van der Waals surface area contributed by atoms with Gasteiger partial charge in [-0.05, 0) is 87.1 Å². The molecule has 1 saturated heterocycles. The van der Waals surface area contributed by atoms with Crippen LogP contribution in [-0.4, -0.2) is 44.7 Å². The quantitative estimate of drug-likeness (QED) is 0.138. The van der Waals surface area contributed by atoms with E-state index in [1.807, 2.05) is 6.07 Å². The first-order chi connectivity index (χ1) is 24.4. The molecule has 1 atom stereocenters. The predicted molar refractivity (Wildman–Crippen MR) is 180 cm³/mol. The van der Waals surface area contributed by atoms with Crippen molar-refractivity contribution in [3.63, 3.8) is 0 Å². The summed E-state index contributed by atoms with van der Waals surface area (Å²) in [5, 5.41) is 12.4. The van der Waals surface area contributed by atoms with Crippen LogP contribution >= 0.6 is 0 Å². The molecule has 4 aromatic rings. The molecule has 0 amide bonds. The number of benzene rings is 3. The van der Waals surface area contributed by atoms with Crippen molar-refractivity contribution in [2.45, 2.75) is 75.8 Å². The molecule has 2 aliphatic rings. The zero-order chi connectivity index (χ0) is 36.3. The van der Waals surface area contributed by atoms with Crippen LogP contribution in [0.4, 0.5) is 22.0 Å². The lowest BCUT2D eigenvalue weighted by Gasteiger charge is -2.40. The number of carboxylic acid groups (broad SMARTS) is 1. The van der Waals surface area contributed by atoms with Gasteiger partial charge in [0, 0.05) is 35.2 Å². The van der Waals surface area contributed by atoms with Gasteiger partial charge in [0.15, 0.2) is 0 Å². The Kier molecular flexibility index (Phi) is 10.6. The lowest BCUT2D eigenvalue weighted by Crippen LogP contribution is -2.49. The van der Waals surface area contributed by atoms with Crippen molar-refractivity contribution < 1.29 is 31.9 Å². The van der Waals surface area contributed by atoms with Gasteiger partial charge in [-0.3, -0.25) is 23.6 Å². The normalized spacial score (nSPS) is 16.3. The van der Waals surface area contributed by atoms with Gasteiger partial charge >= 0.3 is 17.8 Å². The molecule has 1 spiro atoms. The van der Waals surface area contributed by atoms with Gasteiger partial charge in [0.2, 0.25) is 0 Å². The lowest BCUT2D eigenvalue weighted by molar-refractivity contribution is -0.138. The molecule has 1 fully saturated rings. The molecule has 1 aliphatic heterocycles. The van der Waals surface area contributed by atoms with Gasteiger partial charge in [0.05, 0.1) is 24.7 Å². The Labute approximate surface area is 291 Å². The van der Waals surface area contributed by atoms with Crippen molar-refractivity contribution in [1.82, 2.24) is 19.4 Å². The third-order valence-corrected chi connectivity index (χ3v) is 10.3. The molecule has 2 heterocycles. The molecule has 8 nitrogen and oxygen atoms in total. The largest absolute Gasteiger partial charge is 0.481 e. The smallest absolute Gasteiger partial charge is 0.416 e. The molecule has 6 rings (SSSR count). The van der Waals surface area contributed by atoms with Gasteiger partial charge in [-0.1, -0.05) is 48.5 Å². The van der Waals surface area contributed by atoms with Crippen molar-refractivity contribution in [1.29, 1.82) is 0 Å². The summed E-state index contributed by atoms with van der Waals surface area (Å²) < 4.78 is 73.7. The number of halogens is 5. The van der Waals surface area contributed by atoms with E-state index in [2.05, 4.69) is 10.2 Å². The van der Waals surface area contributed by atoms with Crippen LogP contribution in [-0.2, 0) is 42.4 Å². The number of alkyl halides is 3. The number of nitrogens with zero attached hydrogens (tertiary/aromatic N) is 3. The van der Waals surface area contributed by atoms with E-state index in [0.717, 1.165) is 38.5 Å². The molecule has 0 saturated carbocycles. The highest BCUT2D eigenvalue weighted by atomic mass is 19.4. The molecule has 0 bridgehead atoms. The maximum absolute atomic E-state index is 15.2. The second-order valence-corrected chi connectivity index (χ2v) is 13.5. The number of aliphatic carboxylic acids is 1. The minimum atomic E-state index is -4.88. The fraction of sp³-hybridized carbons (Fsp3) is 0.395. The average Bonchev–Trinajstić information content (AvgIpc) is 3.46. The number of fused-ring (bicyclic) bond motifs is 2. The minimum Gasteiger partial charge on any atom is -0.481 e. The number of hydrogen-bond donors (Lipinski definition) is 2. The summed E-state index contributed by atoms with van der Waals surface area (Å²) in [6.07, 6.45) is -2.87. The first-order valence-electron chi connectivity index (χ1n) is 17.0. The van der Waals surface area contributed by atoms with Gasteiger partial charge < -0.3 is 10.4 Å². The number of carboxylic acids is 1. The molecule has 1 aliphatic carbocycles. The topological polar surface area (TPSA) is 96.6 Å². The maximum atomic E-state index is 15.2. The van der Waals surface area contributed by atoms with E-state index >= 15 is 4.39 Å². The standard InChI is InChI=1S/C38H39F5N4O4/c39-27-10-4-7-25(21-27)22-45-19-16-37(17-20-45)15-14-32-34(37)35(50)47(24-31(26-8-2-1-3-9-26)44-18-6-13-33(48)49)36(51)46(32)23-28-29(38(41,42)43)11-5-12-30(28)40/h1-5,7-12,21,31,44H,6,13-20,22-24H2,(H,48,49). The molecule has 13 heteroatoms. The zero-order valence-corrected chi connectivity index (χ0v) is 27.9. The summed E-state index contributed by atoms with van der Waals surface area (Å²) in [6.45, 7) is 0.995. The number of piperidine rings is 1. The van der Waals surface area contributed by atoms with E-state index in [1.54, 1.807) is 36.4 Å². The van der Waals surface area contributed by atoms with E-state index in [-0.39, 0.29) is 38.2 Å². The summed E-state index contributed by atoms with van der Waals surface area (Å²) in [7, 11) is 0. The van der Waals surface area contributed by atoms with Crippen LogP contribution in [0.2, 0.25) is 0 Å². The van der Waals surface area contributed by atoms with Gasteiger partial charge in [-0.25, -0.2) is 13.6 Å². The number of aromatic nitrogens is 2. The van der Waals surface area contributed by atoms with Crippen LogP contribution in [0.15, 0.2) is 82.4 Å². The van der Waals surface area contributed by atoms with Crippen LogP contribution in [0.3, 0.4) is 0 Å². The summed E-state index contributed by atoms with van der Waals surface area (Å²) in [4.78, 5) is 42.2. The van der Waals surface area contributed by atoms with Crippen molar-refractivity contribution in [3.8, 4) is 0 Å². The molecule has 0 radical (unpaired) electrons. The van der Waals surface area contributed by atoms with E-state index in [4.69, 9.17) is 5.11 Å². The van der Waals surface area contributed by atoms with E-state index in [0.29, 0.717) is 50.2 Å². The SMILES string of the molecule is O=C(O)CCCNC(Cn1c(=O)c2c(n(Cc3c(F)cccc3C(F)(F)F)c1=O)CCC21CCN(Cc2cccc(F)c2)CC1)c1ccccc1. The van der Waals surface area contributed by atoms with Gasteiger partial charge in [-0.15, -0.1) is 0 Å². The Hall–Kier alpha value is -4.62. The van der Waals surface area contributed by atoms with E-state index < -0.39 is 58.3 Å². The molecule has 270 valence electrons. The summed E-state index contributed by atoms with van der Waals surface area (Å²) in [5.41, 5.74) is -1.69. The molecule has 1 aromatic heterocycles. The number of carbonyl (C=O) groups is 1. The highest BCUT2D eigenvalue weighted by molar-refractivity contribution is 5.66. The average molecular weight is 711 g/mol. The van der Waals surface area contributed by atoms with Crippen LogP contribution < -0.4 is 16.6 Å². The van der Waals surface area contributed by atoms with Crippen molar-refractivity contribution in [3.05, 3.63) is 139 Å². The highest BCUT2D eigenvalue weighted by Gasteiger charge is 2.46. The van der Waals surface area contributed by atoms with Crippen LogP contribution in [0.5, 0.6) is 0 Å². The fourth-order valence-electron chi connectivity index (χ4n) is 7.69. The van der Waals surface area contributed by atoms with Crippen LogP contribution in [0.25, 0.3) is 0 Å². The molecular weight excluding hydrogens is 671 g/mol. The highest BCUT2D eigenvalue weighted by Crippen LogP contribution is 2.45. The van der Waals surface area contributed by atoms with E-state index in [1.165, 1.54) is 12.1 Å².